The molecular formula is C29H33N5O4S. The zero-order valence-corrected chi connectivity index (χ0v) is 23.6. The number of nitrogens with zero attached hydrogens (tertiary/aromatic N) is 4. The fraction of sp³-hybridized carbons (Fsp3) is 0.345. The first-order chi connectivity index (χ1) is 18.6. The number of hydrogen-bond acceptors (Lipinski definition) is 6. The fourth-order valence-electron chi connectivity index (χ4n) is 4.59. The maximum absolute atomic E-state index is 13.5. The van der Waals surface area contributed by atoms with E-state index in [9.17, 15) is 19.2 Å². The van der Waals surface area contributed by atoms with Crippen molar-refractivity contribution in [2.75, 3.05) is 5.32 Å². The Bertz CT molecular complexity index is 1470. The Morgan fingerprint density at radius 2 is 1.74 bits per heavy atom. The van der Waals surface area contributed by atoms with Gasteiger partial charge < -0.3 is 5.32 Å². The minimum atomic E-state index is -0.667. The Morgan fingerprint density at radius 1 is 1.08 bits per heavy atom. The highest BCUT2D eigenvalue weighted by atomic mass is 32.2. The van der Waals surface area contributed by atoms with Gasteiger partial charge in [-0.05, 0) is 63.6 Å². The van der Waals surface area contributed by atoms with Gasteiger partial charge in [0.05, 0.1) is 11.4 Å². The van der Waals surface area contributed by atoms with Crippen molar-refractivity contribution < 1.29 is 14.4 Å². The average Bonchev–Trinajstić information content (AvgIpc) is 3.32. The largest absolute Gasteiger partial charge is 0.326 e. The number of ketones is 1. The maximum atomic E-state index is 13.5. The molecule has 0 unspecified atom stereocenters. The molecule has 2 amide bonds. The van der Waals surface area contributed by atoms with Crippen LogP contribution >= 0.6 is 11.8 Å². The summed E-state index contributed by atoms with van der Waals surface area (Å²) in [6.07, 6.45) is 1.58. The number of nitrogens with one attached hydrogen (secondary N) is 1. The number of aromatic nitrogens is 2. The standard InChI is InChI=1S/C29H33N5O4S/c1-6-10-18(2)33-27(37)24(17-25(36)30-22-15-13-21(14-16-22)20(4)35)39-29(33)31-26-19(3)32(5)34(28(26)38)23-11-8-7-9-12-23/h7-9,11-16,18,24H,6,10,17H2,1-5H3,(H,30,36)/t18-,24-/m0/s1. The number of thioether (sulfide) groups is 1. The van der Waals surface area contributed by atoms with Crippen LogP contribution in [0.3, 0.4) is 0 Å². The molecule has 1 aliphatic rings. The zero-order valence-electron chi connectivity index (χ0n) is 22.8. The molecule has 0 spiro atoms. The number of carbonyl (C=O) groups excluding carboxylic acids is 3. The first kappa shape index (κ1) is 28.1. The van der Waals surface area contributed by atoms with Crippen LogP contribution in [0.5, 0.6) is 0 Å². The average molecular weight is 548 g/mol. The molecular weight excluding hydrogens is 514 g/mol. The summed E-state index contributed by atoms with van der Waals surface area (Å²) in [4.78, 5) is 57.7. The van der Waals surface area contributed by atoms with Gasteiger partial charge in [-0.2, -0.15) is 0 Å². The lowest BCUT2D eigenvalue weighted by Crippen LogP contribution is -2.40. The van der Waals surface area contributed by atoms with Crippen molar-refractivity contribution in [1.82, 2.24) is 14.3 Å². The summed E-state index contributed by atoms with van der Waals surface area (Å²) >= 11 is 1.21. The van der Waals surface area contributed by atoms with Crippen LogP contribution in [0, 0.1) is 6.92 Å². The van der Waals surface area contributed by atoms with E-state index in [4.69, 9.17) is 4.99 Å². The van der Waals surface area contributed by atoms with Crippen LogP contribution < -0.4 is 10.9 Å². The molecule has 3 aromatic rings. The van der Waals surface area contributed by atoms with Gasteiger partial charge in [-0.25, -0.2) is 9.67 Å². The number of amidine groups is 1. The third kappa shape index (κ3) is 5.90. The van der Waals surface area contributed by atoms with Crippen molar-refractivity contribution in [3.8, 4) is 5.69 Å². The quantitative estimate of drug-likeness (QED) is 0.386. The van der Waals surface area contributed by atoms with Crippen LogP contribution in [0.15, 0.2) is 64.4 Å². The van der Waals surface area contributed by atoms with Crippen LogP contribution in [0.2, 0.25) is 0 Å². The maximum Gasteiger partial charge on any atom is 0.297 e. The van der Waals surface area contributed by atoms with Crippen molar-refractivity contribution in [3.05, 3.63) is 76.2 Å². The van der Waals surface area contributed by atoms with Crippen LogP contribution in [0.4, 0.5) is 11.4 Å². The molecule has 0 bridgehead atoms. The van der Waals surface area contributed by atoms with Crippen molar-refractivity contribution in [3.63, 3.8) is 0 Å². The van der Waals surface area contributed by atoms with Gasteiger partial charge in [-0.3, -0.25) is 28.8 Å². The van der Waals surface area contributed by atoms with Crippen molar-refractivity contribution in [2.45, 2.75) is 58.2 Å². The summed E-state index contributed by atoms with van der Waals surface area (Å²) in [5, 5.41) is 2.57. The molecule has 1 aliphatic heterocycles. The lowest BCUT2D eigenvalue weighted by atomic mass is 10.1. The summed E-state index contributed by atoms with van der Waals surface area (Å²) in [6.45, 7) is 7.30. The number of Topliss-reactive ketones (excluding diaryl/α,β-unsaturated/α-hetero) is 1. The molecule has 204 valence electrons. The summed E-state index contributed by atoms with van der Waals surface area (Å²) < 4.78 is 3.30. The van der Waals surface area contributed by atoms with Crippen molar-refractivity contribution in [2.24, 2.45) is 12.0 Å². The molecule has 0 saturated carbocycles. The Labute approximate surface area is 231 Å². The van der Waals surface area contributed by atoms with Crippen LogP contribution in [0.25, 0.3) is 5.69 Å². The van der Waals surface area contributed by atoms with E-state index in [2.05, 4.69) is 5.32 Å². The summed E-state index contributed by atoms with van der Waals surface area (Å²) in [5.74, 6) is -0.569. The van der Waals surface area contributed by atoms with E-state index in [1.807, 2.05) is 51.1 Å². The number of carbonyl (C=O) groups is 3. The van der Waals surface area contributed by atoms with Gasteiger partial charge in [-0.15, -0.1) is 0 Å². The van der Waals surface area contributed by atoms with E-state index in [1.165, 1.54) is 18.7 Å². The van der Waals surface area contributed by atoms with Gasteiger partial charge >= 0.3 is 0 Å². The number of amides is 2. The lowest BCUT2D eigenvalue weighted by Gasteiger charge is -2.24. The highest BCUT2D eigenvalue weighted by Gasteiger charge is 2.41. The number of hydrogen-bond donors (Lipinski definition) is 1. The highest BCUT2D eigenvalue weighted by molar-refractivity contribution is 8.15. The molecule has 1 N–H and O–H groups in total. The number of para-hydroxylation sites is 1. The molecule has 1 fully saturated rings. The third-order valence-electron chi connectivity index (χ3n) is 6.79. The fourth-order valence-corrected chi connectivity index (χ4v) is 5.82. The van der Waals surface area contributed by atoms with Crippen molar-refractivity contribution in [1.29, 1.82) is 0 Å². The molecule has 1 saturated heterocycles. The monoisotopic (exact) mass is 547 g/mol. The normalized spacial score (nSPS) is 17.1. The van der Waals surface area contributed by atoms with Gasteiger partial charge in [0.15, 0.2) is 16.6 Å². The minimum Gasteiger partial charge on any atom is -0.326 e. The Balaban J connectivity index is 1.62. The van der Waals surface area contributed by atoms with Crippen LogP contribution in [0.1, 0.15) is 56.1 Å². The minimum absolute atomic E-state index is 0.0473. The molecule has 2 heterocycles. The number of benzene rings is 2. The van der Waals surface area contributed by atoms with E-state index < -0.39 is 5.25 Å². The second-order valence-corrected chi connectivity index (χ2v) is 10.8. The predicted octanol–water partition coefficient (Wildman–Crippen LogP) is 4.84. The third-order valence-corrected chi connectivity index (χ3v) is 7.94. The number of anilines is 1. The molecule has 1 aromatic heterocycles. The molecule has 0 aliphatic carbocycles. The zero-order chi connectivity index (χ0) is 28.3. The molecule has 4 rings (SSSR count). The second kappa shape index (κ2) is 11.9. The Kier molecular flexibility index (Phi) is 8.54. The van der Waals surface area contributed by atoms with E-state index >= 15 is 0 Å². The van der Waals surface area contributed by atoms with E-state index in [0.29, 0.717) is 22.1 Å². The van der Waals surface area contributed by atoms with Gasteiger partial charge in [0, 0.05) is 30.8 Å². The van der Waals surface area contributed by atoms with Crippen LogP contribution in [-0.2, 0) is 16.6 Å². The van der Waals surface area contributed by atoms with Crippen LogP contribution in [-0.4, -0.2) is 48.3 Å². The molecule has 39 heavy (non-hydrogen) atoms. The first-order valence-electron chi connectivity index (χ1n) is 13.0. The van der Waals surface area contributed by atoms with Crippen molar-refractivity contribution >= 4 is 45.9 Å². The van der Waals surface area contributed by atoms with Gasteiger partial charge in [0.1, 0.15) is 5.25 Å². The van der Waals surface area contributed by atoms with E-state index in [0.717, 1.165) is 18.5 Å². The molecule has 2 aromatic carbocycles. The topological polar surface area (TPSA) is 106 Å². The lowest BCUT2D eigenvalue weighted by molar-refractivity contribution is -0.129. The van der Waals surface area contributed by atoms with E-state index in [-0.39, 0.29) is 41.3 Å². The van der Waals surface area contributed by atoms with Gasteiger partial charge in [0.25, 0.3) is 5.56 Å². The SMILES string of the molecule is CCC[C@H](C)N1C(=O)[C@H](CC(=O)Nc2ccc(C(C)=O)cc2)SC1=Nc1c(C)n(C)n(-c2ccccc2)c1=O. The Morgan fingerprint density at radius 3 is 2.36 bits per heavy atom. The smallest absolute Gasteiger partial charge is 0.297 e. The molecule has 2 atom stereocenters. The molecule has 10 heteroatoms. The highest BCUT2D eigenvalue weighted by Crippen LogP contribution is 2.34. The first-order valence-corrected chi connectivity index (χ1v) is 13.8. The summed E-state index contributed by atoms with van der Waals surface area (Å²) in [6, 6.07) is 15.8. The van der Waals surface area contributed by atoms with E-state index in [1.54, 1.807) is 45.6 Å². The predicted molar refractivity (Wildman–Crippen MR) is 155 cm³/mol. The summed E-state index contributed by atoms with van der Waals surface area (Å²) in [5.41, 5.74) is 2.48. The Hall–Kier alpha value is -3.92. The van der Waals surface area contributed by atoms with Gasteiger partial charge in [-0.1, -0.05) is 43.3 Å². The summed E-state index contributed by atoms with van der Waals surface area (Å²) in [7, 11) is 1.80. The second-order valence-electron chi connectivity index (χ2n) is 9.64. The molecule has 9 nitrogen and oxygen atoms in total. The molecule has 0 radical (unpaired) electrons. The van der Waals surface area contributed by atoms with Gasteiger partial charge in [0.2, 0.25) is 11.8 Å². The number of aliphatic imine (C=N–C) groups is 1. The number of rotatable bonds is 9.